The van der Waals surface area contributed by atoms with Crippen LogP contribution in [0, 0.1) is 5.82 Å². The smallest absolute Gasteiger partial charge is 0.324 e. The van der Waals surface area contributed by atoms with E-state index in [-0.39, 0.29) is 29.9 Å². The van der Waals surface area contributed by atoms with Gasteiger partial charge in [0, 0.05) is 13.1 Å². The van der Waals surface area contributed by atoms with Crippen LogP contribution in [0.25, 0.3) is 0 Å². The predicted octanol–water partition coefficient (Wildman–Crippen LogP) is -1.34. The number of halogens is 1. The lowest BCUT2D eigenvalue weighted by Gasteiger charge is -2.34. The molecule has 1 atom stereocenters. The van der Waals surface area contributed by atoms with E-state index >= 15 is 0 Å². The van der Waals surface area contributed by atoms with Crippen molar-refractivity contribution in [3.05, 3.63) is 30.1 Å². The van der Waals surface area contributed by atoms with E-state index in [1.54, 1.807) is 6.92 Å². The van der Waals surface area contributed by atoms with Crippen LogP contribution >= 0.6 is 0 Å². The lowest BCUT2D eigenvalue weighted by molar-refractivity contribution is -0.917. The lowest BCUT2D eigenvalue weighted by Crippen LogP contribution is -3.19. The summed E-state index contributed by atoms with van der Waals surface area (Å²) in [7, 11) is -3.90. The third-order valence-electron chi connectivity index (χ3n) is 4.92. The van der Waals surface area contributed by atoms with Gasteiger partial charge < -0.3 is 10.2 Å². The van der Waals surface area contributed by atoms with Gasteiger partial charge >= 0.3 is 6.03 Å². The number of nitrogens with zero attached hydrogens (tertiary/aromatic N) is 2. The number of sulfonamides is 1. The molecule has 0 unspecified atom stereocenters. The molecule has 2 aliphatic rings. The molecule has 2 fully saturated rings. The Bertz CT molecular complexity index is 808. The number of hydrogen-bond donors (Lipinski definition) is 2. The molecule has 1 aromatic carbocycles. The van der Waals surface area contributed by atoms with Gasteiger partial charge in [0.1, 0.15) is 10.7 Å². The number of piperazine rings is 1. The molecule has 0 radical (unpaired) electrons. The molecule has 2 N–H and O–H groups in total. The van der Waals surface area contributed by atoms with Crippen LogP contribution in [0.3, 0.4) is 0 Å². The molecule has 0 aromatic heterocycles. The van der Waals surface area contributed by atoms with Crippen molar-refractivity contribution in [1.29, 1.82) is 0 Å². The van der Waals surface area contributed by atoms with E-state index in [1.807, 2.05) is 0 Å². The zero-order valence-corrected chi connectivity index (χ0v) is 15.3. The molecule has 10 heteroatoms. The molecule has 2 saturated heterocycles. The summed E-state index contributed by atoms with van der Waals surface area (Å²) >= 11 is 0. The summed E-state index contributed by atoms with van der Waals surface area (Å²) in [5.74, 6) is -1.04. The van der Waals surface area contributed by atoms with Crippen LogP contribution in [0.15, 0.2) is 29.2 Å². The van der Waals surface area contributed by atoms with Crippen molar-refractivity contribution >= 4 is 22.0 Å². The van der Waals surface area contributed by atoms with Gasteiger partial charge in [0.05, 0.1) is 26.2 Å². The highest BCUT2D eigenvalue weighted by atomic mass is 32.2. The number of urea groups is 1. The van der Waals surface area contributed by atoms with E-state index in [1.165, 1.54) is 27.4 Å². The molecule has 3 amide bonds. The summed E-state index contributed by atoms with van der Waals surface area (Å²) < 4.78 is 40.3. The minimum Gasteiger partial charge on any atom is -0.336 e. The van der Waals surface area contributed by atoms with E-state index in [4.69, 9.17) is 0 Å². The van der Waals surface area contributed by atoms with Crippen molar-refractivity contribution in [2.24, 2.45) is 0 Å². The number of carbonyl (C=O) groups excluding carboxylic acids is 2. The normalized spacial score (nSPS) is 20.8. The first-order chi connectivity index (χ1) is 12.3. The van der Waals surface area contributed by atoms with Crippen LogP contribution in [-0.4, -0.2) is 74.9 Å². The Hall–Kier alpha value is -2.04. The van der Waals surface area contributed by atoms with Gasteiger partial charge in [-0.15, -0.1) is 0 Å². The van der Waals surface area contributed by atoms with Gasteiger partial charge in [-0.2, -0.15) is 4.31 Å². The SMILES string of the molecule is C[C@@H](C(=O)N1CCNC1=O)[NH+]1CCN(S(=O)(=O)c2ccccc2F)CC1. The molecule has 142 valence electrons. The number of amides is 3. The van der Waals surface area contributed by atoms with E-state index in [0.29, 0.717) is 26.2 Å². The molecule has 2 heterocycles. The topological polar surface area (TPSA) is 91.2 Å². The van der Waals surface area contributed by atoms with E-state index in [0.717, 1.165) is 11.0 Å². The molecule has 0 saturated carbocycles. The van der Waals surface area contributed by atoms with Crippen LogP contribution < -0.4 is 10.2 Å². The molecule has 26 heavy (non-hydrogen) atoms. The van der Waals surface area contributed by atoms with Crippen molar-refractivity contribution in [3.8, 4) is 0 Å². The Morgan fingerprint density at radius 3 is 2.46 bits per heavy atom. The van der Waals surface area contributed by atoms with Gasteiger partial charge in [0.2, 0.25) is 10.0 Å². The number of hydrogen-bond acceptors (Lipinski definition) is 4. The fourth-order valence-corrected chi connectivity index (χ4v) is 4.84. The summed E-state index contributed by atoms with van der Waals surface area (Å²) in [5, 5.41) is 2.59. The maximum Gasteiger partial charge on any atom is 0.324 e. The zero-order chi connectivity index (χ0) is 18.9. The van der Waals surface area contributed by atoms with E-state index in [9.17, 15) is 22.4 Å². The maximum absolute atomic E-state index is 13.9. The predicted molar refractivity (Wildman–Crippen MR) is 90.4 cm³/mol. The van der Waals surface area contributed by atoms with Crippen LogP contribution in [0.4, 0.5) is 9.18 Å². The Morgan fingerprint density at radius 2 is 1.88 bits per heavy atom. The van der Waals surface area contributed by atoms with Crippen molar-refractivity contribution in [2.75, 3.05) is 39.3 Å². The van der Waals surface area contributed by atoms with Crippen LogP contribution in [0.1, 0.15) is 6.92 Å². The number of benzene rings is 1. The lowest BCUT2D eigenvalue weighted by atomic mass is 10.2. The number of rotatable bonds is 4. The van der Waals surface area contributed by atoms with Gasteiger partial charge in [-0.3, -0.25) is 9.69 Å². The van der Waals surface area contributed by atoms with E-state index < -0.39 is 21.9 Å². The molecule has 0 bridgehead atoms. The van der Waals surface area contributed by atoms with Gasteiger partial charge in [0.15, 0.2) is 6.04 Å². The average Bonchev–Trinajstić information content (AvgIpc) is 3.06. The second kappa shape index (κ2) is 7.29. The molecule has 0 spiro atoms. The fourth-order valence-electron chi connectivity index (χ4n) is 3.33. The molecule has 2 aliphatic heterocycles. The Labute approximate surface area is 151 Å². The minimum atomic E-state index is -3.90. The minimum absolute atomic E-state index is 0.190. The van der Waals surface area contributed by atoms with Crippen molar-refractivity contribution in [2.45, 2.75) is 17.9 Å². The Kier molecular flexibility index (Phi) is 5.26. The number of quaternary nitrogens is 1. The van der Waals surface area contributed by atoms with Crippen molar-refractivity contribution in [3.63, 3.8) is 0 Å². The zero-order valence-electron chi connectivity index (χ0n) is 14.4. The number of nitrogens with one attached hydrogen (secondary N) is 2. The Balaban J connectivity index is 1.65. The summed E-state index contributed by atoms with van der Waals surface area (Å²) in [6.07, 6.45) is 0. The highest BCUT2D eigenvalue weighted by Crippen LogP contribution is 2.18. The molecular formula is C16H22FN4O4S+. The first-order valence-electron chi connectivity index (χ1n) is 8.51. The summed E-state index contributed by atoms with van der Waals surface area (Å²) in [4.78, 5) is 25.9. The second-order valence-electron chi connectivity index (χ2n) is 6.44. The van der Waals surface area contributed by atoms with Crippen LogP contribution in [-0.2, 0) is 14.8 Å². The molecule has 3 rings (SSSR count). The van der Waals surface area contributed by atoms with E-state index in [2.05, 4.69) is 5.32 Å². The fraction of sp³-hybridized carbons (Fsp3) is 0.500. The quantitative estimate of drug-likeness (QED) is 0.671. The molecular weight excluding hydrogens is 363 g/mol. The average molecular weight is 385 g/mol. The molecule has 0 aliphatic carbocycles. The summed E-state index contributed by atoms with van der Waals surface area (Å²) in [6, 6.07) is 4.47. The van der Waals surface area contributed by atoms with Gasteiger partial charge in [-0.05, 0) is 19.1 Å². The van der Waals surface area contributed by atoms with Gasteiger partial charge in [-0.1, -0.05) is 12.1 Å². The standard InChI is InChI=1S/C16H21FN4O4S/c1-12(15(22)21-7-6-18-16(21)23)19-8-10-20(11-9-19)26(24,25)14-5-3-2-4-13(14)17/h2-5,12H,6-11H2,1H3,(H,18,23)/p+1/t12-/m0/s1. The maximum atomic E-state index is 13.9. The molecule has 1 aromatic rings. The van der Waals surface area contributed by atoms with Crippen LogP contribution in [0.5, 0.6) is 0 Å². The third-order valence-corrected chi connectivity index (χ3v) is 6.86. The monoisotopic (exact) mass is 385 g/mol. The Morgan fingerprint density at radius 1 is 1.23 bits per heavy atom. The largest absolute Gasteiger partial charge is 0.336 e. The first kappa shape index (κ1) is 18.7. The highest BCUT2D eigenvalue weighted by Gasteiger charge is 2.38. The van der Waals surface area contributed by atoms with Crippen molar-refractivity contribution in [1.82, 2.24) is 14.5 Å². The number of imide groups is 1. The van der Waals surface area contributed by atoms with Crippen molar-refractivity contribution < 1.29 is 27.3 Å². The third kappa shape index (κ3) is 3.44. The van der Waals surface area contributed by atoms with Crippen LogP contribution in [0.2, 0.25) is 0 Å². The number of carbonyl (C=O) groups is 2. The summed E-state index contributed by atoms with van der Waals surface area (Å²) in [6.45, 7) is 3.74. The second-order valence-corrected chi connectivity index (χ2v) is 8.34. The first-order valence-corrected chi connectivity index (χ1v) is 9.95. The molecule has 8 nitrogen and oxygen atoms in total. The summed E-state index contributed by atoms with van der Waals surface area (Å²) in [5.41, 5.74) is 0. The highest BCUT2D eigenvalue weighted by molar-refractivity contribution is 7.89. The van der Waals surface area contributed by atoms with Gasteiger partial charge in [0.25, 0.3) is 5.91 Å². The van der Waals surface area contributed by atoms with Gasteiger partial charge in [-0.25, -0.2) is 17.6 Å².